The first-order chi connectivity index (χ1) is 8.36. The Bertz CT molecular complexity index is 226. The van der Waals surface area contributed by atoms with E-state index in [9.17, 15) is 4.79 Å². The molecule has 2 fully saturated rings. The van der Waals surface area contributed by atoms with Gasteiger partial charge in [0, 0.05) is 0 Å². The third-order valence-electron chi connectivity index (χ3n) is 3.93. The van der Waals surface area contributed by atoms with Crippen LogP contribution in [-0.2, 0) is 9.53 Å². The molecule has 2 aliphatic rings. The van der Waals surface area contributed by atoms with Crippen molar-refractivity contribution in [3.8, 4) is 0 Å². The molecule has 3 nitrogen and oxygen atoms in total. The van der Waals surface area contributed by atoms with Gasteiger partial charge in [0.2, 0.25) is 0 Å². The summed E-state index contributed by atoms with van der Waals surface area (Å²) < 4.78 is 5.66. The minimum absolute atomic E-state index is 0.00111. The first kappa shape index (κ1) is 12.9. The first-order valence-electron chi connectivity index (χ1n) is 7.30. The highest BCUT2D eigenvalue weighted by Gasteiger charge is 2.24. The molecule has 1 heterocycles. The molecule has 98 valence electrons. The SMILES string of the molecule is O=C(OC1CCCCCC1)C1CCCCCN1. The number of rotatable bonds is 2. The van der Waals surface area contributed by atoms with Crippen molar-refractivity contribution < 1.29 is 9.53 Å². The minimum Gasteiger partial charge on any atom is -0.461 e. The lowest BCUT2D eigenvalue weighted by Gasteiger charge is -2.20. The number of esters is 1. The standard InChI is InChI=1S/C14H25NO2/c16-14(13-10-6-3-7-11-15-13)17-12-8-4-1-2-5-9-12/h12-13,15H,1-11H2. The fourth-order valence-corrected chi connectivity index (χ4v) is 2.84. The Morgan fingerprint density at radius 2 is 1.53 bits per heavy atom. The number of carbonyl (C=O) groups excluding carboxylic acids is 1. The maximum Gasteiger partial charge on any atom is 0.323 e. The van der Waals surface area contributed by atoms with Gasteiger partial charge < -0.3 is 10.1 Å². The predicted molar refractivity (Wildman–Crippen MR) is 67.8 cm³/mol. The average molecular weight is 239 g/mol. The summed E-state index contributed by atoms with van der Waals surface area (Å²) in [7, 11) is 0. The van der Waals surface area contributed by atoms with E-state index >= 15 is 0 Å². The van der Waals surface area contributed by atoms with Crippen molar-refractivity contribution in [1.29, 1.82) is 0 Å². The summed E-state index contributed by atoms with van der Waals surface area (Å²) in [5, 5.41) is 3.31. The van der Waals surface area contributed by atoms with Crippen LogP contribution < -0.4 is 5.32 Å². The predicted octanol–water partition coefficient (Wildman–Crippen LogP) is 2.78. The van der Waals surface area contributed by atoms with Gasteiger partial charge in [0.15, 0.2) is 0 Å². The molecule has 0 aromatic heterocycles. The minimum atomic E-state index is -0.0410. The molecule has 0 bridgehead atoms. The largest absolute Gasteiger partial charge is 0.461 e. The Hall–Kier alpha value is -0.570. The second-order valence-corrected chi connectivity index (χ2v) is 5.41. The maximum atomic E-state index is 12.0. The van der Waals surface area contributed by atoms with Gasteiger partial charge in [-0.3, -0.25) is 4.79 Å². The molecule has 0 aromatic rings. The van der Waals surface area contributed by atoms with E-state index in [1.807, 2.05) is 0 Å². The average Bonchev–Trinajstić information content (AvgIpc) is 2.72. The number of hydrogen-bond acceptors (Lipinski definition) is 3. The molecule has 0 aromatic carbocycles. The summed E-state index contributed by atoms with van der Waals surface area (Å²) in [6.45, 7) is 0.963. The van der Waals surface area contributed by atoms with Gasteiger partial charge in [-0.2, -0.15) is 0 Å². The van der Waals surface area contributed by atoms with Crippen LogP contribution in [0.3, 0.4) is 0 Å². The molecule has 1 atom stereocenters. The second kappa shape index (κ2) is 7.00. The zero-order valence-electron chi connectivity index (χ0n) is 10.7. The van der Waals surface area contributed by atoms with E-state index in [-0.39, 0.29) is 18.1 Å². The maximum absolute atomic E-state index is 12.0. The van der Waals surface area contributed by atoms with Gasteiger partial charge in [0.1, 0.15) is 12.1 Å². The van der Waals surface area contributed by atoms with Crippen molar-refractivity contribution in [3.63, 3.8) is 0 Å². The van der Waals surface area contributed by atoms with Crippen LogP contribution >= 0.6 is 0 Å². The van der Waals surface area contributed by atoms with Gasteiger partial charge >= 0.3 is 5.97 Å². The van der Waals surface area contributed by atoms with E-state index in [2.05, 4.69) is 5.32 Å². The number of nitrogens with one attached hydrogen (secondary N) is 1. The van der Waals surface area contributed by atoms with Crippen LogP contribution in [0.25, 0.3) is 0 Å². The zero-order chi connectivity index (χ0) is 11.9. The summed E-state index contributed by atoms with van der Waals surface area (Å²) in [6, 6.07) is -0.0410. The molecule has 17 heavy (non-hydrogen) atoms. The zero-order valence-corrected chi connectivity index (χ0v) is 10.7. The molecule has 1 N–H and O–H groups in total. The van der Waals surface area contributed by atoms with Gasteiger partial charge in [0.05, 0.1) is 0 Å². The molecule has 2 rings (SSSR count). The number of carbonyl (C=O) groups is 1. The lowest BCUT2D eigenvalue weighted by Crippen LogP contribution is -2.39. The summed E-state index contributed by atoms with van der Waals surface area (Å²) in [5.41, 5.74) is 0. The van der Waals surface area contributed by atoms with Crippen LogP contribution in [0.15, 0.2) is 0 Å². The lowest BCUT2D eigenvalue weighted by molar-refractivity contribution is -0.152. The van der Waals surface area contributed by atoms with E-state index in [1.54, 1.807) is 0 Å². The van der Waals surface area contributed by atoms with Gasteiger partial charge in [0.25, 0.3) is 0 Å². The van der Waals surface area contributed by atoms with E-state index in [0.29, 0.717) is 0 Å². The topological polar surface area (TPSA) is 38.3 Å². The molecule has 0 spiro atoms. The molecular formula is C14H25NO2. The fourth-order valence-electron chi connectivity index (χ4n) is 2.84. The monoisotopic (exact) mass is 239 g/mol. The molecule has 0 amide bonds. The fraction of sp³-hybridized carbons (Fsp3) is 0.929. The molecule has 1 saturated carbocycles. The Labute approximate surface area is 104 Å². The first-order valence-corrected chi connectivity index (χ1v) is 7.30. The van der Waals surface area contributed by atoms with Gasteiger partial charge in [-0.15, -0.1) is 0 Å². The second-order valence-electron chi connectivity index (χ2n) is 5.41. The van der Waals surface area contributed by atoms with Gasteiger partial charge in [-0.05, 0) is 45.1 Å². The molecule has 3 heteroatoms. The molecule has 1 unspecified atom stereocenters. The van der Waals surface area contributed by atoms with Gasteiger partial charge in [-0.25, -0.2) is 0 Å². The summed E-state index contributed by atoms with van der Waals surface area (Å²) in [4.78, 5) is 12.0. The van der Waals surface area contributed by atoms with E-state index in [4.69, 9.17) is 4.74 Å². The van der Waals surface area contributed by atoms with Crippen molar-refractivity contribution >= 4 is 5.97 Å². The summed E-state index contributed by atoms with van der Waals surface area (Å²) >= 11 is 0. The summed E-state index contributed by atoms with van der Waals surface area (Å²) in [6.07, 6.45) is 11.9. The Balaban J connectivity index is 1.77. The van der Waals surface area contributed by atoms with Crippen molar-refractivity contribution in [3.05, 3.63) is 0 Å². The van der Waals surface area contributed by atoms with E-state index in [0.717, 1.165) is 32.2 Å². The third kappa shape index (κ3) is 4.30. The highest BCUT2D eigenvalue weighted by Crippen LogP contribution is 2.21. The molecule has 1 aliphatic carbocycles. The van der Waals surface area contributed by atoms with E-state index < -0.39 is 0 Å². The molecule has 1 saturated heterocycles. The molecule has 0 radical (unpaired) electrons. The van der Waals surface area contributed by atoms with Crippen molar-refractivity contribution in [2.45, 2.75) is 76.4 Å². The Morgan fingerprint density at radius 1 is 0.882 bits per heavy atom. The van der Waals surface area contributed by atoms with Crippen molar-refractivity contribution in [1.82, 2.24) is 5.32 Å². The number of hydrogen-bond donors (Lipinski definition) is 1. The van der Waals surface area contributed by atoms with Crippen molar-refractivity contribution in [2.75, 3.05) is 6.54 Å². The van der Waals surface area contributed by atoms with Crippen molar-refractivity contribution in [2.24, 2.45) is 0 Å². The van der Waals surface area contributed by atoms with Crippen LogP contribution in [0.4, 0.5) is 0 Å². The molecule has 1 aliphatic heterocycles. The normalized spacial score (nSPS) is 28.1. The van der Waals surface area contributed by atoms with Crippen LogP contribution in [0.1, 0.15) is 64.2 Å². The van der Waals surface area contributed by atoms with Gasteiger partial charge in [-0.1, -0.05) is 25.7 Å². The highest BCUT2D eigenvalue weighted by atomic mass is 16.5. The smallest absolute Gasteiger partial charge is 0.323 e. The quantitative estimate of drug-likeness (QED) is 0.595. The molecular weight excluding hydrogens is 214 g/mol. The van der Waals surface area contributed by atoms with E-state index in [1.165, 1.54) is 38.5 Å². The third-order valence-corrected chi connectivity index (χ3v) is 3.93. The Kier molecular flexibility index (Phi) is 5.30. The van der Waals surface area contributed by atoms with Crippen LogP contribution in [0, 0.1) is 0 Å². The lowest BCUT2D eigenvalue weighted by atomic mass is 10.1. The van der Waals surface area contributed by atoms with Crippen LogP contribution in [-0.4, -0.2) is 24.7 Å². The van der Waals surface area contributed by atoms with Crippen LogP contribution in [0.5, 0.6) is 0 Å². The van der Waals surface area contributed by atoms with Crippen LogP contribution in [0.2, 0.25) is 0 Å². The number of ether oxygens (including phenoxy) is 1. The Morgan fingerprint density at radius 3 is 2.29 bits per heavy atom. The summed E-state index contributed by atoms with van der Waals surface area (Å²) in [5.74, 6) is -0.00111. The highest BCUT2D eigenvalue weighted by molar-refractivity contribution is 5.76.